The molecule has 1 aliphatic carbocycles. The minimum Gasteiger partial charge on any atom is -0.311 e. The molecule has 0 fully saturated rings. The zero-order chi connectivity index (χ0) is 40.2. The molecule has 3 heterocycles. The first-order valence-corrected chi connectivity index (χ1v) is 22.4. The maximum atomic E-state index is 2.62. The van der Waals surface area contributed by atoms with Crippen LogP contribution in [0.3, 0.4) is 0 Å². The molecule has 3 aliphatic rings. The molecule has 0 atom stereocenters. The van der Waals surface area contributed by atoms with Gasteiger partial charge in [0.1, 0.15) is 0 Å². The van der Waals surface area contributed by atoms with Gasteiger partial charge in [-0.2, -0.15) is 0 Å². The molecule has 6 aromatic carbocycles. The summed E-state index contributed by atoms with van der Waals surface area (Å²) in [6.45, 7) is 21.0. The third-order valence-corrected chi connectivity index (χ3v) is 14.5. The molecule has 0 spiro atoms. The highest BCUT2D eigenvalue weighted by molar-refractivity contribution is 7.33. The zero-order valence-electron chi connectivity index (χ0n) is 35.8. The van der Waals surface area contributed by atoms with Gasteiger partial charge in [0.05, 0.1) is 11.4 Å². The van der Waals surface area contributed by atoms with E-state index in [-0.39, 0.29) is 17.5 Å². The maximum Gasteiger partial charge on any atom is 0.264 e. The molecule has 0 amide bonds. The van der Waals surface area contributed by atoms with E-state index >= 15 is 0 Å². The first-order chi connectivity index (χ1) is 27.8. The van der Waals surface area contributed by atoms with Crippen LogP contribution >= 0.6 is 11.3 Å². The van der Waals surface area contributed by atoms with Crippen LogP contribution < -0.4 is 25.5 Å². The summed E-state index contributed by atoms with van der Waals surface area (Å²) in [4.78, 5) is 5.23. The van der Waals surface area contributed by atoms with Crippen LogP contribution in [-0.2, 0) is 30.1 Å². The molecule has 290 valence electrons. The molecule has 1 aromatic heterocycles. The van der Waals surface area contributed by atoms with E-state index in [4.69, 9.17) is 0 Å². The lowest BCUT2D eigenvalue weighted by Gasteiger charge is -2.43. The Morgan fingerprint density at radius 2 is 1.34 bits per heavy atom. The van der Waals surface area contributed by atoms with Crippen LogP contribution in [-0.4, -0.2) is 6.71 Å². The van der Waals surface area contributed by atoms with Gasteiger partial charge in [0.15, 0.2) is 0 Å². The third-order valence-electron chi connectivity index (χ3n) is 13.3. The Morgan fingerprint density at radius 3 is 2.07 bits per heavy atom. The summed E-state index contributed by atoms with van der Waals surface area (Å²) >= 11 is 1.99. The van der Waals surface area contributed by atoms with Gasteiger partial charge >= 0.3 is 0 Å². The van der Waals surface area contributed by atoms with Crippen LogP contribution in [0, 0.1) is 0 Å². The molecule has 7 aromatic rings. The Morgan fingerprint density at radius 1 is 0.655 bits per heavy atom. The lowest BCUT2D eigenvalue weighted by atomic mass is 9.36. The van der Waals surface area contributed by atoms with Crippen molar-refractivity contribution in [3.63, 3.8) is 0 Å². The summed E-state index contributed by atoms with van der Waals surface area (Å²) in [7, 11) is 0. The Labute approximate surface area is 350 Å². The molecule has 0 radical (unpaired) electrons. The van der Waals surface area contributed by atoms with Crippen molar-refractivity contribution in [1.29, 1.82) is 0 Å². The molecule has 0 saturated heterocycles. The lowest BCUT2D eigenvalue weighted by molar-refractivity contribution is 0.590. The van der Waals surface area contributed by atoms with Crippen molar-refractivity contribution in [3.05, 3.63) is 149 Å². The summed E-state index contributed by atoms with van der Waals surface area (Å²) in [5.41, 5.74) is 21.6. The second-order valence-corrected chi connectivity index (χ2v) is 20.5. The minimum absolute atomic E-state index is 0.0207. The van der Waals surface area contributed by atoms with Crippen molar-refractivity contribution in [3.8, 4) is 11.1 Å². The smallest absolute Gasteiger partial charge is 0.264 e. The van der Waals surface area contributed by atoms with Gasteiger partial charge in [-0.05, 0) is 147 Å². The van der Waals surface area contributed by atoms with E-state index < -0.39 is 0 Å². The molecule has 58 heavy (non-hydrogen) atoms. The molecular formula is C54H55BN2S. The number of benzene rings is 6. The quantitative estimate of drug-likeness (QED) is 0.161. The van der Waals surface area contributed by atoms with Crippen LogP contribution in [0.25, 0.3) is 21.2 Å². The monoisotopic (exact) mass is 774 g/mol. The van der Waals surface area contributed by atoms with Crippen LogP contribution in [0.1, 0.15) is 108 Å². The zero-order valence-corrected chi connectivity index (χ0v) is 36.6. The van der Waals surface area contributed by atoms with Crippen molar-refractivity contribution in [2.45, 2.75) is 105 Å². The summed E-state index contributed by atoms with van der Waals surface area (Å²) in [5, 5.41) is 1.35. The van der Waals surface area contributed by atoms with Gasteiger partial charge in [0, 0.05) is 43.2 Å². The highest BCUT2D eigenvalue weighted by Gasteiger charge is 2.45. The first-order valence-electron chi connectivity index (χ1n) is 21.6. The van der Waals surface area contributed by atoms with Gasteiger partial charge in [-0.1, -0.05) is 123 Å². The summed E-state index contributed by atoms with van der Waals surface area (Å²) in [6.07, 6.45) is 4.60. The van der Waals surface area contributed by atoms with Crippen molar-refractivity contribution >= 4 is 78.0 Å². The van der Waals surface area contributed by atoms with Gasteiger partial charge in [-0.3, -0.25) is 0 Å². The maximum absolute atomic E-state index is 2.62. The predicted octanol–water partition coefficient (Wildman–Crippen LogP) is 13.4. The second kappa shape index (κ2) is 13.5. The lowest BCUT2D eigenvalue weighted by Crippen LogP contribution is -2.60. The van der Waals surface area contributed by atoms with E-state index in [1.54, 1.807) is 0 Å². The fourth-order valence-corrected chi connectivity index (χ4v) is 11.2. The van der Waals surface area contributed by atoms with E-state index in [1.165, 1.54) is 124 Å². The third kappa shape index (κ3) is 5.89. The normalized spacial score (nSPS) is 14.6. The molecule has 0 bridgehead atoms. The minimum atomic E-state index is 0.0207. The van der Waals surface area contributed by atoms with Gasteiger partial charge < -0.3 is 9.80 Å². The summed E-state index contributed by atoms with van der Waals surface area (Å²) in [6, 6.07) is 45.6. The Bertz CT molecular complexity index is 2760. The van der Waals surface area contributed by atoms with Crippen LogP contribution in [0.2, 0.25) is 0 Å². The molecule has 0 saturated carbocycles. The Hall–Kier alpha value is -5.06. The number of hydrogen-bond donors (Lipinski definition) is 0. The number of anilines is 6. The average Bonchev–Trinajstić information content (AvgIpc) is 3.84. The number of hydrogen-bond acceptors (Lipinski definition) is 3. The molecule has 0 unspecified atom stereocenters. The molecule has 2 aliphatic heterocycles. The highest BCUT2D eigenvalue weighted by Crippen LogP contribution is 2.50. The van der Waals surface area contributed by atoms with Gasteiger partial charge in [-0.25, -0.2) is 0 Å². The van der Waals surface area contributed by atoms with E-state index in [0.717, 1.165) is 6.42 Å². The first kappa shape index (κ1) is 37.2. The number of rotatable bonds is 5. The Balaban J connectivity index is 1.28. The molecule has 2 nitrogen and oxygen atoms in total. The van der Waals surface area contributed by atoms with Crippen LogP contribution in [0.15, 0.2) is 115 Å². The van der Waals surface area contributed by atoms with Gasteiger partial charge in [-0.15, -0.1) is 11.3 Å². The topological polar surface area (TPSA) is 6.48 Å². The van der Waals surface area contributed by atoms with Crippen molar-refractivity contribution in [1.82, 2.24) is 0 Å². The predicted molar refractivity (Wildman–Crippen MR) is 254 cm³/mol. The van der Waals surface area contributed by atoms with Crippen LogP contribution in [0.5, 0.6) is 0 Å². The number of nitrogens with zero attached hydrogens (tertiary/aromatic N) is 2. The fourth-order valence-electron chi connectivity index (χ4n) is 9.86. The van der Waals surface area contributed by atoms with Crippen molar-refractivity contribution in [2.24, 2.45) is 0 Å². The number of thiophene rings is 1. The van der Waals surface area contributed by atoms with Crippen LogP contribution in [0.4, 0.5) is 34.1 Å². The molecule has 0 N–H and O–H groups in total. The molecular weight excluding hydrogens is 719 g/mol. The summed E-state index contributed by atoms with van der Waals surface area (Å²) in [5.74, 6) is 0.471. The van der Waals surface area contributed by atoms with Gasteiger partial charge in [0.25, 0.3) is 6.71 Å². The largest absolute Gasteiger partial charge is 0.311 e. The van der Waals surface area contributed by atoms with E-state index in [9.17, 15) is 0 Å². The molecule has 4 heteroatoms. The number of aryl methyl sites for hydroxylation is 3. The van der Waals surface area contributed by atoms with E-state index in [1.807, 2.05) is 11.3 Å². The standard InChI is InChI=1S/C54H55BN2S/c1-10-34-17-26-46-44(29-34)55-50-47(56(41-24-20-35(21-25-41)33(2)3)51-43-32-40(54(7,8)9)23-28-49(43)58-52(51)55)15-12-16-48(50)57(46)45-27-22-39(53(4,5)6)31-42(45)38-19-18-36-13-11-14-37(36)30-38/h12,15-33H,10-11,13-14H2,1-9H3. The van der Waals surface area contributed by atoms with E-state index in [2.05, 4.69) is 187 Å². The van der Waals surface area contributed by atoms with Crippen molar-refractivity contribution in [2.75, 3.05) is 9.80 Å². The molecule has 10 rings (SSSR count). The number of fused-ring (bicyclic) bond motifs is 7. The highest BCUT2D eigenvalue weighted by atomic mass is 32.1. The van der Waals surface area contributed by atoms with Crippen molar-refractivity contribution < 1.29 is 0 Å². The fraction of sp³-hybridized carbons (Fsp3) is 0.296. The summed E-state index contributed by atoms with van der Waals surface area (Å²) < 4.78 is 2.79. The SMILES string of the molecule is CCc1ccc2c(c1)B1c3sc4ccc(C(C)(C)C)cc4c3N(c3ccc(C(C)C)cc3)c3cccc(c31)N2c1ccc(C(C)(C)C)cc1-c1ccc2c(c1)CCC2. The van der Waals surface area contributed by atoms with E-state index in [0.29, 0.717) is 5.92 Å². The second-order valence-electron chi connectivity index (χ2n) is 19.4. The average molecular weight is 775 g/mol. The Kier molecular flexibility index (Phi) is 8.66. The van der Waals surface area contributed by atoms with Gasteiger partial charge in [0.2, 0.25) is 0 Å².